The van der Waals surface area contributed by atoms with Gasteiger partial charge in [-0.25, -0.2) is 4.99 Å². The van der Waals surface area contributed by atoms with E-state index in [1.54, 1.807) is 0 Å². The summed E-state index contributed by atoms with van der Waals surface area (Å²) >= 11 is 0. The molecule has 1 aromatic heterocycles. The van der Waals surface area contributed by atoms with E-state index in [-0.39, 0.29) is 29.9 Å². The number of amides is 1. The third-order valence-electron chi connectivity index (χ3n) is 4.23. The number of halogens is 1. The number of hydrogen-bond acceptors (Lipinski definition) is 4. The molecule has 3 rings (SSSR count). The van der Waals surface area contributed by atoms with Gasteiger partial charge in [-0.15, -0.1) is 24.0 Å². The number of aliphatic imine (C=N–C) groups is 1. The van der Waals surface area contributed by atoms with Crippen LogP contribution in [0.25, 0.3) is 0 Å². The molecule has 1 aromatic rings. The van der Waals surface area contributed by atoms with Crippen LogP contribution >= 0.6 is 24.0 Å². The molecule has 2 aliphatic rings. The standard InChI is InChI=1S/C16H25N5O2.HI/c1-3-12-9-14(23-19-12)10-18-16(17-4-2)20-7-8-21(13-5-6-13)15(22)11-20;/h9,13H,3-8,10-11H2,1-2H3,(H,17,18);1H. The number of aromatic nitrogens is 1. The lowest BCUT2D eigenvalue weighted by atomic mass is 10.3. The topological polar surface area (TPSA) is 74.0 Å². The van der Waals surface area contributed by atoms with E-state index in [9.17, 15) is 4.79 Å². The summed E-state index contributed by atoms with van der Waals surface area (Å²) in [6.07, 6.45) is 3.17. The van der Waals surface area contributed by atoms with E-state index in [0.29, 0.717) is 19.1 Å². The molecule has 2 heterocycles. The number of aryl methyl sites for hydroxylation is 1. The summed E-state index contributed by atoms with van der Waals surface area (Å²) < 4.78 is 5.27. The Balaban J connectivity index is 0.00000208. The quantitative estimate of drug-likeness (QED) is 0.422. The Bertz CT molecular complexity index is 585. The van der Waals surface area contributed by atoms with Crippen LogP contribution in [0.3, 0.4) is 0 Å². The predicted octanol–water partition coefficient (Wildman–Crippen LogP) is 1.63. The Hall–Kier alpha value is -1.32. The van der Waals surface area contributed by atoms with Crippen molar-refractivity contribution in [2.45, 2.75) is 45.7 Å². The summed E-state index contributed by atoms with van der Waals surface area (Å²) in [5, 5.41) is 7.25. The van der Waals surface area contributed by atoms with Crippen molar-refractivity contribution in [2.75, 3.05) is 26.2 Å². The van der Waals surface area contributed by atoms with Gasteiger partial charge in [-0.05, 0) is 26.2 Å². The molecule has 1 aliphatic heterocycles. The minimum absolute atomic E-state index is 0. The summed E-state index contributed by atoms with van der Waals surface area (Å²) in [5.74, 6) is 1.73. The van der Waals surface area contributed by atoms with Crippen LogP contribution in [0.4, 0.5) is 0 Å². The molecular weight excluding hydrogens is 421 g/mol. The number of carbonyl (C=O) groups excluding carboxylic acids is 1. The first-order valence-electron chi connectivity index (χ1n) is 8.48. The lowest BCUT2D eigenvalue weighted by molar-refractivity contribution is -0.135. The average molecular weight is 447 g/mol. The number of guanidine groups is 1. The van der Waals surface area contributed by atoms with Crippen molar-refractivity contribution in [3.8, 4) is 0 Å². The maximum Gasteiger partial charge on any atom is 0.242 e. The highest BCUT2D eigenvalue weighted by molar-refractivity contribution is 14.0. The lowest BCUT2D eigenvalue weighted by Gasteiger charge is -2.36. The fourth-order valence-electron chi connectivity index (χ4n) is 2.82. The summed E-state index contributed by atoms with van der Waals surface area (Å²) in [4.78, 5) is 20.9. The monoisotopic (exact) mass is 447 g/mol. The van der Waals surface area contributed by atoms with Crippen LogP contribution < -0.4 is 5.32 Å². The second kappa shape index (κ2) is 8.68. The highest BCUT2D eigenvalue weighted by Crippen LogP contribution is 2.28. The molecule has 2 fully saturated rings. The Labute approximate surface area is 159 Å². The Morgan fingerprint density at radius 3 is 2.79 bits per heavy atom. The summed E-state index contributed by atoms with van der Waals surface area (Å²) in [7, 11) is 0. The smallest absolute Gasteiger partial charge is 0.242 e. The van der Waals surface area contributed by atoms with E-state index in [4.69, 9.17) is 4.52 Å². The molecule has 1 saturated carbocycles. The first-order chi connectivity index (χ1) is 11.2. The third-order valence-corrected chi connectivity index (χ3v) is 4.23. The second-order valence-electron chi connectivity index (χ2n) is 6.05. The van der Waals surface area contributed by atoms with Gasteiger partial charge in [-0.3, -0.25) is 4.79 Å². The van der Waals surface area contributed by atoms with E-state index in [0.717, 1.165) is 56.3 Å². The molecule has 0 aromatic carbocycles. The van der Waals surface area contributed by atoms with Crippen LogP contribution in [0, 0.1) is 0 Å². The first-order valence-corrected chi connectivity index (χ1v) is 8.48. The number of hydrogen-bond donors (Lipinski definition) is 1. The van der Waals surface area contributed by atoms with Crippen molar-refractivity contribution in [2.24, 2.45) is 4.99 Å². The van der Waals surface area contributed by atoms with E-state index >= 15 is 0 Å². The molecule has 0 unspecified atom stereocenters. The zero-order valence-electron chi connectivity index (χ0n) is 14.3. The maximum absolute atomic E-state index is 12.3. The minimum atomic E-state index is 0. The fraction of sp³-hybridized carbons (Fsp3) is 0.688. The minimum Gasteiger partial charge on any atom is -0.359 e. The van der Waals surface area contributed by atoms with Gasteiger partial charge in [0.25, 0.3) is 0 Å². The van der Waals surface area contributed by atoms with Crippen molar-refractivity contribution in [3.05, 3.63) is 17.5 Å². The number of nitrogens with one attached hydrogen (secondary N) is 1. The van der Waals surface area contributed by atoms with Crippen molar-refractivity contribution < 1.29 is 9.32 Å². The Morgan fingerprint density at radius 2 is 2.21 bits per heavy atom. The summed E-state index contributed by atoms with van der Waals surface area (Å²) in [6.45, 7) is 7.29. The number of rotatable bonds is 5. The highest BCUT2D eigenvalue weighted by Gasteiger charge is 2.36. The number of carbonyl (C=O) groups is 1. The summed E-state index contributed by atoms with van der Waals surface area (Å²) in [5.41, 5.74) is 0.938. The van der Waals surface area contributed by atoms with Crippen molar-refractivity contribution in [1.82, 2.24) is 20.3 Å². The molecule has 0 atom stereocenters. The van der Waals surface area contributed by atoms with Gasteiger partial charge >= 0.3 is 0 Å². The molecule has 24 heavy (non-hydrogen) atoms. The van der Waals surface area contributed by atoms with Crippen molar-refractivity contribution in [3.63, 3.8) is 0 Å². The van der Waals surface area contributed by atoms with Crippen LogP contribution in [0.2, 0.25) is 0 Å². The van der Waals surface area contributed by atoms with E-state index < -0.39 is 0 Å². The van der Waals surface area contributed by atoms with E-state index in [1.807, 2.05) is 29.7 Å². The SMILES string of the molecule is CCNC(=NCc1cc(CC)no1)N1CCN(C2CC2)C(=O)C1.I. The Morgan fingerprint density at radius 1 is 1.42 bits per heavy atom. The molecule has 0 bridgehead atoms. The first kappa shape index (κ1) is 19.0. The van der Waals surface area contributed by atoms with E-state index in [2.05, 4.69) is 15.5 Å². The van der Waals surface area contributed by atoms with Crippen LogP contribution in [0.1, 0.15) is 38.1 Å². The van der Waals surface area contributed by atoms with Gasteiger partial charge in [0.15, 0.2) is 11.7 Å². The van der Waals surface area contributed by atoms with Gasteiger partial charge < -0.3 is 19.6 Å². The van der Waals surface area contributed by atoms with Gasteiger partial charge in [0.05, 0.1) is 12.2 Å². The third kappa shape index (κ3) is 4.61. The summed E-state index contributed by atoms with van der Waals surface area (Å²) in [6, 6.07) is 2.43. The number of nitrogens with zero attached hydrogens (tertiary/aromatic N) is 4. The predicted molar refractivity (Wildman–Crippen MR) is 102 cm³/mol. The molecule has 1 amide bonds. The van der Waals surface area contributed by atoms with Crippen LogP contribution in [-0.4, -0.2) is 59.0 Å². The molecule has 1 N–H and O–H groups in total. The molecule has 0 spiro atoms. The molecule has 1 aliphatic carbocycles. The second-order valence-corrected chi connectivity index (χ2v) is 6.05. The molecule has 7 nitrogen and oxygen atoms in total. The Kier molecular flexibility index (Phi) is 6.88. The lowest BCUT2D eigenvalue weighted by Crippen LogP contribution is -2.55. The van der Waals surface area contributed by atoms with Crippen LogP contribution in [-0.2, 0) is 17.8 Å². The molecule has 1 saturated heterocycles. The largest absolute Gasteiger partial charge is 0.359 e. The molecule has 8 heteroatoms. The van der Waals surface area contributed by atoms with Crippen molar-refractivity contribution in [1.29, 1.82) is 0 Å². The van der Waals surface area contributed by atoms with Gasteiger partial charge in [0, 0.05) is 31.7 Å². The van der Waals surface area contributed by atoms with Crippen molar-refractivity contribution >= 4 is 35.8 Å². The molecule has 0 radical (unpaired) electrons. The average Bonchev–Trinajstić information content (AvgIpc) is 3.29. The zero-order valence-corrected chi connectivity index (χ0v) is 16.7. The van der Waals surface area contributed by atoms with Gasteiger partial charge in [0.2, 0.25) is 5.91 Å². The molecular formula is C16H26IN5O2. The van der Waals surface area contributed by atoms with Crippen LogP contribution in [0.15, 0.2) is 15.6 Å². The highest BCUT2D eigenvalue weighted by atomic mass is 127. The van der Waals surface area contributed by atoms with Crippen LogP contribution in [0.5, 0.6) is 0 Å². The van der Waals surface area contributed by atoms with Gasteiger partial charge in [-0.1, -0.05) is 12.1 Å². The van der Waals surface area contributed by atoms with E-state index in [1.165, 1.54) is 0 Å². The normalized spacial score (nSPS) is 18.6. The zero-order chi connectivity index (χ0) is 16.2. The maximum atomic E-state index is 12.3. The fourth-order valence-corrected chi connectivity index (χ4v) is 2.82. The van der Waals surface area contributed by atoms with Gasteiger partial charge in [0.1, 0.15) is 6.54 Å². The number of piperazine rings is 1. The molecule has 134 valence electrons. The van der Waals surface area contributed by atoms with Gasteiger partial charge in [-0.2, -0.15) is 0 Å².